The lowest BCUT2D eigenvalue weighted by molar-refractivity contribution is -0.144. The third-order valence-electron chi connectivity index (χ3n) is 5.61. The van der Waals surface area contributed by atoms with Crippen molar-refractivity contribution >= 4 is 16.8 Å². The number of carbonyl (C=O) groups is 1. The van der Waals surface area contributed by atoms with Crippen molar-refractivity contribution in [1.82, 2.24) is 15.1 Å². The van der Waals surface area contributed by atoms with Gasteiger partial charge in [-0.2, -0.15) is 13.9 Å². The van der Waals surface area contributed by atoms with Crippen molar-refractivity contribution in [2.45, 2.75) is 46.3 Å². The van der Waals surface area contributed by atoms with Crippen molar-refractivity contribution in [1.29, 1.82) is 0 Å². The number of carbonyl (C=O) groups excluding carboxylic acids is 1. The van der Waals surface area contributed by atoms with Crippen LogP contribution in [-0.4, -0.2) is 27.7 Å². The monoisotopic (exact) mass is 501 g/mol. The average molecular weight is 502 g/mol. The molecular formula is C27H27F4N3O2. The lowest BCUT2D eigenvalue weighted by atomic mass is 10.0. The average Bonchev–Trinajstić information content (AvgIpc) is 3.22. The zero-order valence-corrected chi connectivity index (χ0v) is 19.2. The molecule has 4 aromatic rings. The van der Waals surface area contributed by atoms with Gasteiger partial charge < -0.3 is 10.1 Å². The number of aromatic nitrogens is 2. The Balaban J connectivity index is 0.00000361. The van der Waals surface area contributed by atoms with E-state index in [0.29, 0.717) is 34.9 Å². The zero-order valence-electron chi connectivity index (χ0n) is 19.2. The zero-order chi connectivity index (χ0) is 25.3. The molecule has 0 saturated heterocycles. The summed E-state index contributed by atoms with van der Waals surface area (Å²) in [5.41, 5.74) is 2.19. The Kier molecular flexibility index (Phi) is 7.71. The lowest BCUT2D eigenvalue weighted by Crippen LogP contribution is -2.46. The molecule has 190 valence electrons. The normalized spacial score (nSPS) is 13.1. The van der Waals surface area contributed by atoms with E-state index in [4.69, 9.17) is 4.74 Å². The summed E-state index contributed by atoms with van der Waals surface area (Å²) in [4.78, 5) is 11.9. The summed E-state index contributed by atoms with van der Waals surface area (Å²) < 4.78 is 62.3. The molecule has 5 nitrogen and oxygen atoms in total. The smallest absolute Gasteiger partial charge is 0.321 e. The van der Waals surface area contributed by atoms with Gasteiger partial charge in [-0.3, -0.25) is 4.79 Å². The molecule has 3 aromatic carbocycles. The van der Waals surface area contributed by atoms with Gasteiger partial charge in [0.2, 0.25) is 0 Å². The molecule has 1 N–H and O–H groups in total. The van der Waals surface area contributed by atoms with Crippen LogP contribution in [-0.2, 0) is 4.79 Å². The quantitative estimate of drug-likeness (QED) is 0.293. The number of hydrogen-bond donors (Lipinski definition) is 1. The SMILES string of the molecule is C.Cc1ccc([C@@H](Oc2ccc3c(cnn3-c3ccc(F)cc3)c2)[C@H](C)NC(=O)C(C)(F)F)cc1F. The van der Waals surface area contributed by atoms with Gasteiger partial charge in [-0.1, -0.05) is 19.6 Å². The number of benzene rings is 3. The molecule has 0 saturated carbocycles. The van der Waals surface area contributed by atoms with Crippen LogP contribution in [0.15, 0.2) is 66.9 Å². The molecule has 2 atom stereocenters. The fourth-order valence-corrected chi connectivity index (χ4v) is 3.67. The van der Waals surface area contributed by atoms with E-state index in [1.165, 1.54) is 25.1 Å². The highest BCUT2D eigenvalue weighted by Gasteiger charge is 2.35. The Morgan fingerprint density at radius 3 is 2.39 bits per heavy atom. The van der Waals surface area contributed by atoms with Crippen LogP contribution in [0.25, 0.3) is 16.6 Å². The number of fused-ring (bicyclic) bond motifs is 1. The summed E-state index contributed by atoms with van der Waals surface area (Å²) >= 11 is 0. The summed E-state index contributed by atoms with van der Waals surface area (Å²) in [5, 5.41) is 7.31. The number of ether oxygens (including phenoxy) is 1. The van der Waals surface area contributed by atoms with Crippen molar-refractivity contribution in [3.8, 4) is 11.4 Å². The summed E-state index contributed by atoms with van der Waals surface area (Å²) in [5.74, 6) is -5.51. The number of nitrogens with zero attached hydrogens (tertiary/aromatic N) is 2. The van der Waals surface area contributed by atoms with Crippen LogP contribution in [0.1, 0.15) is 38.5 Å². The van der Waals surface area contributed by atoms with Crippen LogP contribution in [0.3, 0.4) is 0 Å². The second kappa shape index (κ2) is 10.4. The molecule has 36 heavy (non-hydrogen) atoms. The largest absolute Gasteiger partial charge is 0.484 e. The molecule has 0 radical (unpaired) electrons. The standard InChI is InChI=1S/C26H23F4N3O2.CH4/c1-15-4-5-17(13-22(15)28)24(16(2)32-25(34)26(3,29)30)35-21-10-11-23-18(12-21)14-31-33(23)20-8-6-19(27)7-9-20;/h4-14,16,24H,1-3H3,(H,32,34);1H4/t16-,24-;/m0./s1. The van der Waals surface area contributed by atoms with Crippen LogP contribution < -0.4 is 10.1 Å². The lowest BCUT2D eigenvalue weighted by Gasteiger charge is -2.27. The van der Waals surface area contributed by atoms with Gasteiger partial charge in [0.05, 0.1) is 23.4 Å². The van der Waals surface area contributed by atoms with Gasteiger partial charge in [0.25, 0.3) is 5.91 Å². The molecule has 0 aliphatic heterocycles. The predicted molar refractivity (Wildman–Crippen MR) is 130 cm³/mol. The Morgan fingerprint density at radius 2 is 1.75 bits per heavy atom. The minimum absolute atomic E-state index is 0. The van der Waals surface area contributed by atoms with E-state index in [9.17, 15) is 22.4 Å². The van der Waals surface area contributed by atoms with Crippen molar-refractivity contribution in [3.63, 3.8) is 0 Å². The van der Waals surface area contributed by atoms with E-state index in [0.717, 1.165) is 5.52 Å². The van der Waals surface area contributed by atoms with Crippen LogP contribution in [0.5, 0.6) is 5.75 Å². The first kappa shape index (κ1) is 26.7. The highest BCUT2D eigenvalue weighted by Crippen LogP contribution is 2.30. The molecule has 4 rings (SSSR count). The van der Waals surface area contributed by atoms with Gasteiger partial charge in [-0.25, -0.2) is 13.5 Å². The molecule has 0 unspecified atom stereocenters. The maximum absolute atomic E-state index is 14.3. The Hall–Kier alpha value is -3.88. The topological polar surface area (TPSA) is 56.1 Å². The van der Waals surface area contributed by atoms with Gasteiger partial charge in [0.15, 0.2) is 0 Å². The molecule has 0 spiro atoms. The second-order valence-corrected chi connectivity index (χ2v) is 8.45. The summed E-state index contributed by atoms with van der Waals surface area (Å²) in [6, 6.07) is 14.5. The highest BCUT2D eigenvalue weighted by atomic mass is 19.3. The summed E-state index contributed by atoms with van der Waals surface area (Å²) in [7, 11) is 0. The van der Waals surface area contributed by atoms with E-state index in [1.807, 2.05) is 0 Å². The molecule has 1 heterocycles. The van der Waals surface area contributed by atoms with Crippen molar-refractivity contribution in [2.75, 3.05) is 0 Å². The Labute approximate surface area is 206 Å². The first-order valence-electron chi connectivity index (χ1n) is 10.9. The number of nitrogens with one attached hydrogen (secondary N) is 1. The minimum Gasteiger partial charge on any atom is -0.484 e. The maximum atomic E-state index is 14.3. The number of hydrogen-bond acceptors (Lipinski definition) is 3. The van der Waals surface area contributed by atoms with Crippen LogP contribution >= 0.6 is 0 Å². The van der Waals surface area contributed by atoms with E-state index in [1.54, 1.807) is 60.3 Å². The third kappa shape index (κ3) is 5.67. The minimum atomic E-state index is -3.58. The number of amides is 1. The number of halogens is 4. The predicted octanol–water partition coefficient (Wildman–Crippen LogP) is 6.53. The highest BCUT2D eigenvalue weighted by molar-refractivity contribution is 5.83. The van der Waals surface area contributed by atoms with Crippen LogP contribution in [0.4, 0.5) is 17.6 Å². The molecule has 0 aliphatic rings. The van der Waals surface area contributed by atoms with Crippen molar-refractivity contribution < 1.29 is 27.1 Å². The number of alkyl halides is 2. The first-order valence-corrected chi connectivity index (χ1v) is 10.9. The van der Waals surface area contributed by atoms with Gasteiger partial charge in [-0.05, 0) is 73.5 Å². The molecule has 0 fully saturated rings. The summed E-state index contributed by atoms with van der Waals surface area (Å²) in [6.07, 6.45) is 0.649. The van der Waals surface area contributed by atoms with Gasteiger partial charge in [0.1, 0.15) is 23.5 Å². The molecule has 9 heteroatoms. The van der Waals surface area contributed by atoms with E-state index < -0.39 is 29.8 Å². The fraction of sp³-hybridized carbons (Fsp3) is 0.259. The maximum Gasteiger partial charge on any atom is 0.321 e. The first-order chi connectivity index (χ1) is 16.5. The molecule has 0 aliphatic carbocycles. The van der Waals surface area contributed by atoms with Gasteiger partial charge in [0, 0.05) is 12.3 Å². The van der Waals surface area contributed by atoms with Crippen molar-refractivity contribution in [2.24, 2.45) is 0 Å². The molecule has 0 bridgehead atoms. The van der Waals surface area contributed by atoms with E-state index in [2.05, 4.69) is 10.4 Å². The van der Waals surface area contributed by atoms with Crippen molar-refractivity contribution in [3.05, 3.63) is 89.6 Å². The number of aryl methyl sites for hydroxylation is 1. The third-order valence-corrected chi connectivity index (χ3v) is 5.61. The van der Waals surface area contributed by atoms with Gasteiger partial charge in [-0.15, -0.1) is 0 Å². The molecular weight excluding hydrogens is 474 g/mol. The Morgan fingerprint density at radius 1 is 1.06 bits per heavy atom. The second-order valence-electron chi connectivity index (χ2n) is 8.45. The summed E-state index contributed by atoms with van der Waals surface area (Å²) in [6.45, 7) is 3.62. The fourth-order valence-electron chi connectivity index (χ4n) is 3.67. The van der Waals surface area contributed by atoms with Crippen LogP contribution in [0, 0.1) is 18.6 Å². The van der Waals surface area contributed by atoms with E-state index >= 15 is 0 Å². The molecule has 1 aromatic heterocycles. The van der Waals surface area contributed by atoms with Crippen LogP contribution in [0.2, 0.25) is 0 Å². The number of rotatable bonds is 7. The van der Waals surface area contributed by atoms with E-state index in [-0.39, 0.29) is 13.2 Å². The molecule has 1 amide bonds. The van der Waals surface area contributed by atoms with Gasteiger partial charge >= 0.3 is 5.92 Å². The Bertz CT molecular complexity index is 1360.